The molecule has 1 saturated carbocycles. The average Bonchev–Trinajstić information content (AvgIpc) is 3.21. The van der Waals surface area contributed by atoms with Crippen LogP contribution in [0.5, 0.6) is 0 Å². The predicted octanol–water partition coefficient (Wildman–Crippen LogP) is 2.86. The molecule has 1 saturated heterocycles. The second kappa shape index (κ2) is 5.02. The number of hydrogen-bond donors (Lipinski definition) is 1. The van der Waals surface area contributed by atoms with Gasteiger partial charge in [-0.05, 0) is 62.2 Å². The van der Waals surface area contributed by atoms with Crippen LogP contribution >= 0.6 is 0 Å². The number of rotatable bonds is 4. The summed E-state index contributed by atoms with van der Waals surface area (Å²) in [6, 6.07) is 9.05. The lowest BCUT2D eigenvalue weighted by Crippen LogP contribution is -2.30. The van der Waals surface area contributed by atoms with Gasteiger partial charge < -0.3 is 10.1 Å². The van der Waals surface area contributed by atoms with Crippen LogP contribution in [0.4, 0.5) is 0 Å². The molecule has 1 aromatic carbocycles. The monoisotopic (exact) mass is 245 g/mol. The van der Waals surface area contributed by atoms with E-state index in [1.54, 1.807) is 0 Å². The van der Waals surface area contributed by atoms with Crippen molar-refractivity contribution >= 4 is 0 Å². The van der Waals surface area contributed by atoms with E-state index in [2.05, 4.69) is 29.6 Å². The van der Waals surface area contributed by atoms with E-state index in [-0.39, 0.29) is 5.60 Å². The van der Waals surface area contributed by atoms with Crippen molar-refractivity contribution in [1.82, 2.24) is 5.32 Å². The van der Waals surface area contributed by atoms with E-state index < -0.39 is 0 Å². The van der Waals surface area contributed by atoms with Gasteiger partial charge in [0, 0.05) is 7.11 Å². The number of benzene rings is 1. The molecule has 1 aliphatic heterocycles. The van der Waals surface area contributed by atoms with Crippen LogP contribution in [0.2, 0.25) is 0 Å². The first-order chi connectivity index (χ1) is 8.82. The zero-order chi connectivity index (χ0) is 12.4. The summed E-state index contributed by atoms with van der Waals surface area (Å²) in [5.41, 5.74) is 2.91. The highest BCUT2D eigenvalue weighted by Gasteiger charge is 2.44. The van der Waals surface area contributed by atoms with Crippen molar-refractivity contribution in [2.45, 2.75) is 37.7 Å². The molecule has 2 heteroatoms. The van der Waals surface area contributed by atoms with E-state index in [0.29, 0.717) is 0 Å². The highest BCUT2D eigenvalue weighted by molar-refractivity contribution is 5.32. The molecule has 1 unspecified atom stereocenters. The van der Waals surface area contributed by atoms with E-state index in [1.807, 2.05) is 7.11 Å². The van der Waals surface area contributed by atoms with E-state index in [0.717, 1.165) is 5.92 Å². The van der Waals surface area contributed by atoms with Gasteiger partial charge in [-0.3, -0.25) is 0 Å². The molecule has 0 aromatic heterocycles. The topological polar surface area (TPSA) is 21.3 Å². The van der Waals surface area contributed by atoms with E-state index in [4.69, 9.17) is 4.74 Å². The first kappa shape index (κ1) is 12.2. The number of methoxy groups -OCH3 is 1. The summed E-state index contributed by atoms with van der Waals surface area (Å²) in [4.78, 5) is 0. The largest absolute Gasteiger partial charge is 0.374 e. The van der Waals surface area contributed by atoms with Crippen LogP contribution in [-0.2, 0) is 16.8 Å². The molecule has 1 aliphatic carbocycles. The van der Waals surface area contributed by atoms with Gasteiger partial charge >= 0.3 is 0 Å². The highest BCUT2D eigenvalue weighted by Crippen LogP contribution is 2.48. The molecule has 0 bridgehead atoms. The second-order valence-electron chi connectivity index (χ2n) is 5.82. The van der Waals surface area contributed by atoms with Crippen LogP contribution in [0.15, 0.2) is 24.3 Å². The van der Waals surface area contributed by atoms with E-state index in [9.17, 15) is 0 Å². The molecule has 2 aliphatic rings. The van der Waals surface area contributed by atoms with Gasteiger partial charge in [0.2, 0.25) is 0 Å². The zero-order valence-corrected chi connectivity index (χ0v) is 11.2. The van der Waals surface area contributed by atoms with Crippen molar-refractivity contribution in [1.29, 1.82) is 0 Å². The predicted molar refractivity (Wildman–Crippen MR) is 73.7 cm³/mol. The standard InChI is InChI=1S/C16H23NO/c1-18-16(7-8-16)15-6-2-4-13(11-15)10-14-5-3-9-17-12-14/h2,4,6,11,14,17H,3,5,7-10,12H2,1H3. The third-order valence-electron chi connectivity index (χ3n) is 4.47. The molecule has 1 N–H and O–H groups in total. The molecule has 2 fully saturated rings. The Morgan fingerprint density at radius 2 is 2.28 bits per heavy atom. The molecule has 0 radical (unpaired) electrons. The maximum atomic E-state index is 5.67. The zero-order valence-electron chi connectivity index (χ0n) is 11.2. The summed E-state index contributed by atoms with van der Waals surface area (Å²) in [5.74, 6) is 0.812. The number of hydrogen-bond acceptors (Lipinski definition) is 2. The number of nitrogens with one attached hydrogen (secondary N) is 1. The van der Waals surface area contributed by atoms with E-state index >= 15 is 0 Å². The summed E-state index contributed by atoms with van der Waals surface area (Å²) < 4.78 is 5.67. The fourth-order valence-electron chi connectivity index (χ4n) is 3.14. The van der Waals surface area contributed by atoms with Crippen molar-refractivity contribution in [3.63, 3.8) is 0 Å². The Hall–Kier alpha value is -0.860. The lowest BCUT2D eigenvalue weighted by Gasteiger charge is -2.23. The van der Waals surface area contributed by atoms with E-state index in [1.165, 1.54) is 56.3 Å². The first-order valence-electron chi connectivity index (χ1n) is 7.18. The summed E-state index contributed by atoms with van der Waals surface area (Å²) in [6.45, 7) is 2.38. The van der Waals surface area contributed by atoms with Crippen molar-refractivity contribution in [3.8, 4) is 0 Å². The van der Waals surface area contributed by atoms with Crippen LogP contribution < -0.4 is 5.32 Å². The molecular formula is C16H23NO. The quantitative estimate of drug-likeness (QED) is 0.880. The van der Waals surface area contributed by atoms with Crippen LogP contribution in [-0.4, -0.2) is 20.2 Å². The van der Waals surface area contributed by atoms with Crippen LogP contribution in [0, 0.1) is 5.92 Å². The summed E-state index contributed by atoms with van der Waals surface area (Å²) in [5, 5.41) is 3.50. The lowest BCUT2D eigenvalue weighted by molar-refractivity contribution is 0.0788. The third-order valence-corrected chi connectivity index (χ3v) is 4.47. The molecule has 18 heavy (non-hydrogen) atoms. The summed E-state index contributed by atoms with van der Waals surface area (Å²) in [7, 11) is 1.84. The van der Waals surface area contributed by atoms with Crippen LogP contribution in [0.3, 0.4) is 0 Å². The Bertz CT molecular complexity index is 405. The van der Waals surface area contributed by atoms with Gasteiger partial charge in [-0.1, -0.05) is 24.3 Å². The number of ether oxygens (including phenoxy) is 1. The fourth-order valence-corrected chi connectivity index (χ4v) is 3.14. The van der Waals surface area contributed by atoms with Gasteiger partial charge in [0.15, 0.2) is 0 Å². The normalized spacial score (nSPS) is 25.9. The Morgan fingerprint density at radius 3 is 2.94 bits per heavy atom. The Labute approximate surface area is 110 Å². The second-order valence-corrected chi connectivity index (χ2v) is 5.82. The minimum absolute atomic E-state index is 0.0564. The third kappa shape index (κ3) is 2.45. The first-order valence-corrected chi connectivity index (χ1v) is 7.18. The molecule has 1 aromatic rings. The number of piperidine rings is 1. The summed E-state index contributed by atoms with van der Waals surface area (Å²) in [6.07, 6.45) is 6.26. The minimum Gasteiger partial charge on any atom is -0.374 e. The minimum atomic E-state index is 0.0564. The molecule has 1 heterocycles. The molecule has 3 rings (SSSR count). The van der Waals surface area contributed by atoms with Gasteiger partial charge in [0.05, 0.1) is 5.60 Å². The van der Waals surface area contributed by atoms with Gasteiger partial charge in [-0.25, -0.2) is 0 Å². The molecule has 1 atom stereocenters. The smallest absolute Gasteiger partial charge is 0.0930 e. The maximum absolute atomic E-state index is 5.67. The Balaban J connectivity index is 1.70. The van der Waals surface area contributed by atoms with Gasteiger partial charge in [0.25, 0.3) is 0 Å². The maximum Gasteiger partial charge on any atom is 0.0930 e. The van der Waals surface area contributed by atoms with Crippen LogP contribution in [0.25, 0.3) is 0 Å². The molecule has 0 amide bonds. The van der Waals surface area contributed by atoms with Gasteiger partial charge in [0.1, 0.15) is 0 Å². The van der Waals surface area contributed by atoms with Crippen molar-refractivity contribution < 1.29 is 4.74 Å². The van der Waals surface area contributed by atoms with Gasteiger partial charge in [-0.2, -0.15) is 0 Å². The van der Waals surface area contributed by atoms with Crippen molar-refractivity contribution in [2.75, 3.05) is 20.2 Å². The molecule has 2 nitrogen and oxygen atoms in total. The average molecular weight is 245 g/mol. The fraction of sp³-hybridized carbons (Fsp3) is 0.625. The highest BCUT2D eigenvalue weighted by atomic mass is 16.5. The Morgan fingerprint density at radius 1 is 1.39 bits per heavy atom. The Kier molecular flexibility index (Phi) is 3.40. The summed E-state index contributed by atoms with van der Waals surface area (Å²) >= 11 is 0. The lowest BCUT2D eigenvalue weighted by atomic mass is 9.91. The van der Waals surface area contributed by atoms with Crippen molar-refractivity contribution in [3.05, 3.63) is 35.4 Å². The molecule has 0 spiro atoms. The SMILES string of the molecule is COC1(c2cccc(CC3CCCNC3)c2)CC1. The van der Waals surface area contributed by atoms with Crippen molar-refractivity contribution in [2.24, 2.45) is 5.92 Å². The van der Waals surface area contributed by atoms with Crippen LogP contribution in [0.1, 0.15) is 36.8 Å². The van der Waals surface area contributed by atoms with Gasteiger partial charge in [-0.15, -0.1) is 0 Å². The molecule has 98 valence electrons. The molecular weight excluding hydrogens is 222 g/mol.